The number of aliphatic hydroxyl groups excluding tert-OH is 2. The van der Waals surface area contributed by atoms with Crippen molar-refractivity contribution < 1.29 is 43.5 Å². The lowest BCUT2D eigenvalue weighted by atomic mass is 9.99. The minimum atomic E-state index is -1.60. The van der Waals surface area contributed by atoms with Crippen LogP contribution in [0.1, 0.15) is 20.8 Å². The number of hydrogen-bond acceptors (Lipinski definition) is 9. The molecule has 1 aliphatic rings. The molecule has 5 atom stereocenters. The van der Waals surface area contributed by atoms with Gasteiger partial charge in [0.05, 0.1) is 0 Å². The molecule has 0 aliphatic carbocycles. The molecule has 0 unspecified atom stereocenters. The Balaban J connectivity index is 2.86. The van der Waals surface area contributed by atoms with E-state index >= 15 is 0 Å². The van der Waals surface area contributed by atoms with E-state index in [0.29, 0.717) is 0 Å². The molecule has 21 heavy (non-hydrogen) atoms. The number of carbonyl (C=O) groups excluding carboxylic acids is 3. The van der Waals surface area contributed by atoms with Crippen molar-refractivity contribution in [3.05, 3.63) is 0 Å². The van der Waals surface area contributed by atoms with Gasteiger partial charge >= 0.3 is 17.9 Å². The summed E-state index contributed by atoms with van der Waals surface area (Å²) in [4.78, 5) is 32.8. The molecule has 1 saturated heterocycles. The fourth-order valence-corrected chi connectivity index (χ4v) is 1.84. The molecule has 1 heterocycles. The molecule has 120 valence electrons. The molecule has 1 fully saturated rings. The summed E-state index contributed by atoms with van der Waals surface area (Å²) in [6.07, 6.45) is -6.96. The Morgan fingerprint density at radius 2 is 1.52 bits per heavy atom. The predicted molar refractivity (Wildman–Crippen MR) is 64.6 cm³/mol. The van der Waals surface area contributed by atoms with E-state index in [1.807, 2.05) is 0 Å². The van der Waals surface area contributed by atoms with Crippen molar-refractivity contribution in [2.24, 2.45) is 0 Å². The number of carbonyl (C=O) groups is 3. The first-order valence-electron chi connectivity index (χ1n) is 6.21. The fraction of sp³-hybridized carbons (Fsp3) is 0.750. The topological polar surface area (TPSA) is 129 Å². The Hall–Kier alpha value is -1.71. The summed E-state index contributed by atoms with van der Waals surface area (Å²) in [5.41, 5.74) is 0. The summed E-state index contributed by atoms with van der Waals surface area (Å²) in [6, 6.07) is 0. The van der Waals surface area contributed by atoms with Gasteiger partial charge in [0.1, 0.15) is 24.9 Å². The van der Waals surface area contributed by atoms with Crippen LogP contribution in [0.5, 0.6) is 0 Å². The number of esters is 3. The van der Waals surface area contributed by atoms with Crippen LogP contribution in [0.15, 0.2) is 0 Å². The second-order valence-electron chi connectivity index (χ2n) is 4.51. The number of hydrogen-bond donors (Lipinski definition) is 2. The van der Waals surface area contributed by atoms with Gasteiger partial charge in [0, 0.05) is 20.8 Å². The molecule has 0 saturated carbocycles. The van der Waals surface area contributed by atoms with E-state index in [9.17, 15) is 24.6 Å². The van der Waals surface area contributed by atoms with Crippen molar-refractivity contribution in [2.45, 2.75) is 51.5 Å². The van der Waals surface area contributed by atoms with Gasteiger partial charge in [-0.05, 0) is 0 Å². The normalized spacial score (nSPS) is 32.1. The van der Waals surface area contributed by atoms with Crippen molar-refractivity contribution in [1.82, 2.24) is 0 Å². The van der Waals surface area contributed by atoms with E-state index in [-0.39, 0.29) is 6.61 Å². The minimum absolute atomic E-state index is 0.338. The second kappa shape index (κ2) is 7.34. The zero-order chi connectivity index (χ0) is 16.2. The maximum atomic E-state index is 11.0. The second-order valence-corrected chi connectivity index (χ2v) is 4.51. The van der Waals surface area contributed by atoms with Gasteiger partial charge in [-0.3, -0.25) is 14.4 Å². The Morgan fingerprint density at radius 1 is 0.952 bits per heavy atom. The Labute approximate surface area is 120 Å². The molecule has 0 aromatic carbocycles. The largest absolute Gasteiger partial charge is 0.463 e. The van der Waals surface area contributed by atoms with Crippen LogP contribution in [-0.4, -0.2) is 65.4 Å². The highest BCUT2D eigenvalue weighted by molar-refractivity contribution is 5.67. The van der Waals surface area contributed by atoms with Crippen molar-refractivity contribution in [3.8, 4) is 0 Å². The summed E-state index contributed by atoms with van der Waals surface area (Å²) >= 11 is 0. The smallest absolute Gasteiger partial charge is 0.305 e. The van der Waals surface area contributed by atoms with Crippen LogP contribution in [0.2, 0.25) is 0 Å². The molecular weight excluding hydrogens is 288 g/mol. The van der Waals surface area contributed by atoms with E-state index in [1.165, 1.54) is 6.92 Å². The van der Waals surface area contributed by atoms with Gasteiger partial charge in [0.15, 0.2) is 6.10 Å². The van der Waals surface area contributed by atoms with E-state index < -0.39 is 48.6 Å². The monoisotopic (exact) mass is 306 g/mol. The van der Waals surface area contributed by atoms with Crippen molar-refractivity contribution in [2.75, 3.05) is 6.61 Å². The summed E-state index contributed by atoms with van der Waals surface area (Å²) < 4.78 is 19.6. The average molecular weight is 306 g/mol. The molecule has 0 bridgehead atoms. The predicted octanol–water partition coefficient (Wildman–Crippen LogP) is -1.51. The highest BCUT2D eigenvalue weighted by Gasteiger charge is 2.48. The number of ether oxygens (including phenoxy) is 4. The lowest BCUT2D eigenvalue weighted by molar-refractivity contribution is -0.295. The van der Waals surface area contributed by atoms with E-state index in [1.54, 1.807) is 0 Å². The summed E-state index contributed by atoms with van der Waals surface area (Å²) in [7, 11) is 0. The first kappa shape index (κ1) is 17.3. The van der Waals surface area contributed by atoms with Crippen LogP contribution in [-0.2, 0) is 33.3 Å². The molecule has 0 radical (unpaired) electrons. The van der Waals surface area contributed by atoms with Gasteiger partial charge in [-0.25, -0.2) is 0 Å². The molecule has 9 heteroatoms. The summed E-state index contributed by atoms with van der Waals surface area (Å²) in [5, 5.41) is 19.8. The third kappa shape index (κ3) is 4.96. The van der Waals surface area contributed by atoms with Gasteiger partial charge in [0.2, 0.25) is 6.29 Å². The van der Waals surface area contributed by atoms with Crippen LogP contribution >= 0.6 is 0 Å². The van der Waals surface area contributed by atoms with Gasteiger partial charge in [-0.1, -0.05) is 0 Å². The standard InChI is InChI=1S/C12H18O9/c1-5(13)18-4-8-11(19-6(2)14)9(16)10(17)12(21-8)20-7(3)15/h8-12,16-17H,4H2,1-3H3/t8-,9-,10+,11-,12+/m1/s1. The van der Waals surface area contributed by atoms with Gasteiger partial charge in [-0.15, -0.1) is 0 Å². The van der Waals surface area contributed by atoms with Crippen molar-refractivity contribution in [3.63, 3.8) is 0 Å². The Kier molecular flexibility index (Phi) is 6.06. The summed E-state index contributed by atoms with van der Waals surface area (Å²) in [5.74, 6) is -2.05. The summed E-state index contributed by atoms with van der Waals surface area (Å²) in [6.45, 7) is 3.04. The van der Waals surface area contributed by atoms with Gasteiger partial charge in [0.25, 0.3) is 0 Å². The quantitative estimate of drug-likeness (QED) is 0.470. The maximum Gasteiger partial charge on any atom is 0.305 e. The third-order valence-corrected chi connectivity index (χ3v) is 2.68. The molecular formula is C12H18O9. The van der Waals surface area contributed by atoms with Crippen molar-refractivity contribution >= 4 is 17.9 Å². The first-order valence-corrected chi connectivity index (χ1v) is 6.21. The van der Waals surface area contributed by atoms with E-state index in [4.69, 9.17) is 18.9 Å². The zero-order valence-corrected chi connectivity index (χ0v) is 11.8. The molecule has 1 aliphatic heterocycles. The lowest BCUT2D eigenvalue weighted by Crippen LogP contribution is -2.60. The minimum Gasteiger partial charge on any atom is -0.463 e. The van der Waals surface area contributed by atoms with E-state index in [0.717, 1.165) is 13.8 Å². The molecule has 1 rings (SSSR count). The SMILES string of the molecule is CC(=O)OC[C@H]1O[C@H](OC(C)=O)[C@@H](O)[C@@H](O)[C@@H]1OC(C)=O. The van der Waals surface area contributed by atoms with Gasteiger partial charge < -0.3 is 29.2 Å². The number of rotatable bonds is 4. The molecule has 9 nitrogen and oxygen atoms in total. The highest BCUT2D eigenvalue weighted by Crippen LogP contribution is 2.25. The van der Waals surface area contributed by atoms with Crippen molar-refractivity contribution in [1.29, 1.82) is 0 Å². The highest BCUT2D eigenvalue weighted by atomic mass is 16.7. The Bertz CT molecular complexity index is 408. The van der Waals surface area contributed by atoms with Crippen LogP contribution in [0.3, 0.4) is 0 Å². The van der Waals surface area contributed by atoms with Crippen LogP contribution in [0.4, 0.5) is 0 Å². The van der Waals surface area contributed by atoms with Gasteiger partial charge in [-0.2, -0.15) is 0 Å². The molecule has 0 aromatic rings. The lowest BCUT2D eigenvalue weighted by Gasteiger charge is -2.40. The number of aliphatic hydroxyl groups is 2. The Morgan fingerprint density at radius 3 is 2.00 bits per heavy atom. The maximum absolute atomic E-state index is 11.0. The molecule has 2 N–H and O–H groups in total. The first-order chi connectivity index (χ1) is 9.72. The van der Waals surface area contributed by atoms with Crippen LogP contribution in [0.25, 0.3) is 0 Å². The van der Waals surface area contributed by atoms with Crippen LogP contribution < -0.4 is 0 Å². The van der Waals surface area contributed by atoms with Crippen LogP contribution in [0, 0.1) is 0 Å². The van der Waals surface area contributed by atoms with E-state index in [2.05, 4.69) is 0 Å². The fourth-order valence-electron chi connectivity index (χ4n) is 1.84. The molecule has 0 spiro atoms. The zero-order valence-electron chi connectivity index (χ0n) is 11.8. The third-order valence-electron chi connectivity index (χ3n) is 2.68. The average Bonchev–Trinajstić information content (AvgIpc) is 2.35. The molecule has 0 aromatic heterocycles. The molecule has 0 amide bonds.